The van der Waals surface area contributed by atoms with Crippen LogP contribution in [0, 0.1) is 5.82 Å². The van der Waals surface area contributed by atoms with Crippen LogP contribution in [0.1, 0.15) is 38.2 Å². The van der Waals surface area contributed by atoms with Crippen molar-refractivity contribution in [3.05, 3.63) is 47.9 Å². The standard InChI is InChI=1S/C27H27FN4O3/c1-3-14-5-4-6-15-9-18(33)12-20(22(14)15)24-23(28)25-21(13-29-24)26(31-27(30-25)35-2)32-16-7-8-17(32)11-19(34)10-16/h4-6,9,12-13,16-17,19,33-34H,3,7-8,10-11H2,1-2H3. The lowest BCUT2D eigenvalue weighted by Gasteiger charge is -2.38. The number of aromatic nitrogens is 3. The highest BCUT2D eigenvalue weighted by molar-refractivity contribution is 6.01. The smallest absolute Gasteiger partial charge is 0.318 e. The maximum atomic E-state index is 16.2. The van der Waals surface area contributed by atoms with Crippen LogP contribution in [0.4, 0.5) is 10.2 Å². The van der Waals surface area contributed by atoms with E-state index in [1.165, 1.54) is 7.11 Å². The molecule has 6 rings (SSSR count). The number of fused-ring (bicyclic) bond motifs is 4. The van der Waals surface area contributed by atoms with E-state index in [4.69, 9.17) is 4.74 Å². The van der Waals surface area contributed by atoms with E-state index in [0.717, 1.165) is 35.6 Å². The highest BCUT2D eigenvalue weighted by Crippen LogP contribution is 2.43. The number of phenolic OH excluding ortho intramolecular Hbond substituents is 1. The van der Waals surface area contributed by atoms with Crippen molar-refractivity contribution in [1.82, 2.24) is 15.0 Å². The van der Waals surface area contributed by atoms with Gasteiger partial charge in [0, 0.05) is 23.8 Å². The fraction of sp³-hybridized carbons (Fsp3) is 0.370. The Labute approximate surface area is 202 Å². The predicted octanol–water partition coefficient (Wildman–Crippen LogP) is 4.75. The zero-order valence-corrected chi connectivity index (χ0v) is 19.7. The fourth-order valence-corrected chi connectivity index (χ4v) is 5.96. The summed E-state index contributed by atoms with van der Waals surface area (Å²) < 4.78 is 21.6. The van der Waals surface area contributed by atoms with Gasteiger partial charge in [-0.1, -0.05) is 25.1 Å². The zero-order chi connectivity index (χ0) is 24.3. The SMILES string of the molecule is CCc1cccc2cc(O)cc(-c3ncc4c(N5C6CCC5CC(O)C6)nc(OC)nc4c3F)c12. The summed E-state index contributed by atoms with van der Waals surface area (Å²) in [5.41, 5.74) is 1.83. The molecule has 2 fully saturated rings. The van der Waals surface area contributed by atoms with Crippen LogP contribution in [-0.2, 0) is 6.42 Å². The van der Waals surface area contributed by atoms with E-state index in [-0.39, 0.29) is 41.2 Å². The molecule has 2 N–H and O–H groups in total. The molecule has 35 heavy (non-hydrogen) atoms. The first-order valence-corrected chi connectivity index (χ1v) is 12.1. The van der Waals surface area contributed by atoms with Crippen LogP contribution < -0.4 is 9.64 Å². The summed E-state index contributed by atoms with van der Waals surface area (Å²) in [7, 11) is 1.47. The van der Waals surface area contributed by atoms with Crippen molar-refractivity contribution in [2.75, 3.05) is 12.0 Å². The monoisotopic (exact) mass is 474 g/mol. The first-order chi connectivity index (χ1) is 17.0. The number of methoxy groups -OCH3 is 1. The number of anilines is 1. The summed E-state index contributed by atoms with van der Waals surface area (Å²) >= 11 is 0. The summed E-state index contributed by atoms with van der Waals surface area (Å²) in [6, 6.07) is 9.44. The molecular weight excluding hydrogens is 447 g/mol. The van der Waals surface area contributed by atoms with Gasteiger partial charge in [-0.15, -0.1) is 0 Å². The van der Waals surface area contributed by atoms with Gasteiger partial charge in [-0.3, -0.25) is 4.98 Å². The second kappa shape index (κ2) is 8.30. The van der Waals surface area contributed by atoms with E-state index in [1.807, 2.05) is 25.1 Å². The Morgan fingerprint density at radius 2 is 1.91 bits per heavy atom. The number of aromatic hydroxyl groups is 1. The van der Waals surface area contributed by atoms with Crippen molar-refractivity contribution < 1.29 is 19.3 Å². The minimum Gasteiger partial charge on any atom is -0.508 e. The third-order valence-electron chi connectivity index (χ3n) is 7.46. The van der Waals surface area contributed by atoms with E-state index < -0.39 is 5.82 Å². The summed E-state index contributed by atoms with van der Waals surface area (Å²) in [4.78, 5) is 15.7. The lowest BCUT2D eigenvalue weighted by Crippen LogP contribution is -2.45. The normalized spacial score (nSPS) is 21.7. The first-order valence-electron chi connectivity index (χ1n) is 12.1. The molecule has 180 valence electrons. The number of pyridine rings is 1. The highest BCUT2D eigenvalue weighted by Gasteiger charge is 2.42. The molecule has 2 aliphatic rings. The molecule has 4 heterocycles. The molecule has 2 saturated heterocycles. The quantitative estimate of drug-likeness (QED) is 0.441. The second-order valence-corrected chi connectivity index (χ2v) is 9.50. The number of phenols is 1. The third kappa shape index (κ3) is 3.46. The van der Waals surface area contributed by atoms with Crippen LogP contribution in [0.5, 0.6) is 11.8 Å². The van der Waals surface area contributed by atoms with Crippen molar-refractivity contribution in [2.45, 2.75) is 57.2 Å². The molecule has 7 nitrogen and oxygen atoms in total. The highest BCUT2D eigenvalue weighted by atomic mass is 19.1. The van der Waals surface area contributed by atoms with Crippen LogP contribution in [0.15, 0.2) is 36.5 Å². The third-order valence-corrected chi connectivity index (χ3v) is 7.46. The number of nitrogens with zero attached hydrogens (tertiary/aromatic N) is 4. The molecule has 2 aliphatic heterocycles. The molecule has 0 amide bonds. The molecule has 2 aromatic heterocycles. The zero-order valence-electron chi connectivity index (χ0n) is 19.7. The van der Waals surface area contributed by atoms with E-state index in [9.17, 15) is 10.2 Å². The molecule has 0 spiro atoms. The Balaban J connectivity index is 1.59. The molecule has 0 saturated carbocycles. The maximum absolute atomic E-state index is 16.2. The van der Waals surface area contributed by atoms with Crippen molar-refractivity contribution in [1.29, 1.82) is 0 Å². The van der Waals surface area contributed by atoms with Crippen molar-refractivity contribution >= 4 is 27.5 Å². The van der Waals surface area contributed by atoms with E-state index in [0.29, 0.717) is 29.6 Å². The average Bonchev–Trinajstić information content (AvgIpc) is 3.13. The van der Waals surface area contributed by atoms with Gasteiger partial charge in [0.15, 0.2) is 5.82 Å². The van der Waals surface area contributed by atoms with Crippen LogP contribution >= 0.6 is 0 Å². The van der Waals surface area contributed by atoms with Gasteiger partial charge in [-0.2, -0.15) is 9.97 Å². The number of hydrogen-bond donors (Lipinski definition) is 2. The number of aryl methyl sites for hydroxylation is 1. The molecule has 0 aliphatic carbocycles. The number of aliphatic hydroxyl groups is 1. The van der Waals surface area contributed by atoms with Crippen LogP contribution in [0.3, 0.4) is 0 Å². The van der Waals surface area contributed by atoms with Crippen LogP contribution in [-0.4, -0.2) is 50.5 Å². The predicted molar refractivity (Wildman–Crippen MR) is 132 cm³/mol. The van der Waals surface area contributed by atoms with Crippen molar-refractivity contribution in [3.8, 4) is 23.0 Å². The lowest BCUT2D eigenvalue weighted by atomic mass is 9.95. The van der Waals surface area contributed by atoms with Gasteiger partial charge in [-0.05, 0) is 60.6 Å². The minimum atomic E-state index is -0.577. The van der Waals surface area contributed by atoms with Crippen molar-refractivity contribution in [2.24, 2.45) is 0 Å². The van der Waals surface area contributed by atoms with Gasteiger partial charge in [-0.25, -0.2) is 4.39 Å². The molecule has 4 aromatic rings. The van der Waals surface area contributed by atoms with E-state index in [2.05, 4.69) is 19.9 Å². The van der Waals surface area contributed by atoms with Crippen molar-refractivity contribution in [3.63, 3.8) is 0 Å². The largest absolute Gasteiger partial charge is 0.508 e. The Morgan fingerprint density at radius 3 is 2.63 bits per heavy atom. The van der Waals surface area contributed by atoms with Crippen LogP contribution in [0.25, 0.3) is 32.9 Å². The van der Waals surface area contributed by atoms with E-state index >= 15 is 4.39 Å². The number of ether oxygens (including phenoxy) is 1. The van der Waals surface area contributed by atoms with Gasteiger partial charge in [0.2, 0.25) is 0 Å². The Morgan fingerprint density at radius 1 is 1.14 bits per heavy atom. The minimum absolute atomic E-state index is 0.0476. The van der Waals surface area contributed by atoms with Gasteiger partial charge in [0.05, 0.1) is 18.6 Å². The van der Waals surface area contributed by atoms with Gasteiger partial charge in [0.1, 0.15) is 22.8 Å². The summed E-state index contributed by atoms with van der Waals surface area (Å²) in [6.07, 6.45) is 5.29. The van der Waals surface area contributed by atoms with E-state index in [1.54, 1.807) is 18.3 Å². The number of aliphatic hydroxyl groups excluding tert-OH is 1. The summed E-state index contributed by atoms with van der Waals surface area (Å²) in [6.45, 7) is 2.05. The summed E-state index contributed by atoms with van der Waals surface area (Å²) in [5, 5.41) is 22.9. The Bertz CT molecular complexity index is 1450. The Hall–Kier alpha value is -3.52. The molecular formula is C27H27FN4O3. The number of halogens is 1. The molecule has 2 aromatic carbocycles. The second-order valence-electron chi connectivity index (χ2n) is 9.50. The molecule has 0 radical (unpaired) electrons. The van der Waals surface area contributed by atoms with Gasteiger partial charge >= 0.3 is 6.01 Å². The number of hydrogen-bond acceptors (Lipinski definition) is 7. The Kier molecular flexibility index (Phi) is 5.21. The number of piperidine rings is 1. The fourth-order valence-electron chi connectivity index (χ4n) is 5.96. The summed E-state index contributed by atoms with van der Waals surface area (Å²) in [5.74, 6) is 0.0670. The first kappa shape index (κ1) is 22.0. The van der Waals surface area contributed by atoms with Crippen LogP contribution in [0.2, 0.25) is 0 Å². The molecule has 2 atom stereocenters. The average molecular weight is 475 g/mol. The lowest BCUT2D eigenvalue weighted by molar-refractivity contribution is 0.126. The van der Waals surface area contributed by atoms with Gasteiger partial charge in [0.25, 0.3) is 0 Å². The maximum Gasteiger partial charge on any atom is 0.318 e. The molecule has 2 bridgehead atoms. The molecule has 8 heteroatoms. The number of rotatable bonds is 4. The number of benzene rings is 2. The topological polar surface area (TPSA) is 91.6 Å². The molecule has 2 unspecified atom stereocenters. The van der Waals surface area contributed by atoms with Gasteiger partial charge < -0.3 is 19.8 Å².